The number of carbonyl (C=O) groups excluding carboxylic acids is 1. The molecule has 0 aliphatic heterocycles. The van der Waals surface area contributed by atoms with Gasteiger partial charge < -0.3 is 4.90 Å². The minimum Gasteiger partial charge on any atom is -0.337 e. The average molecular weight is 325 g/mol. The van der Waals surface area contributed by atoms with Gasteiger partial charge in [-0.1, -0.05) is 72.8 Å². The molecule has 0 fully saturated rings. The third kappa shape index (κ3) is 2.99. The van der Waals surface area contributed by atoms with Crippen molar-refractivity contribution < 1.29 is 4.79 Å². The zero-order valence-corrected chi connectivity index (χ0v) is 14.1. The lowest BCUT2D eigenvalue weighted by molar-refractivity contribution is 0.0786. The Balaban J connectivity index is 1.63. The fourth-order valence-corrected chi connectivity index (χ4v) is 3.30. The monoisotopic (exact) mass is 325 g/mol. The first-order valence-electron chi connectivity index (χ1n) is 8.43. The molecule has 0 aliphatic rings. The number of carbonyl (C=O) groups is 1. The van der Waals surface area contributed by atoms with Crippen molar-refractivity contribution in [2.45, 2.75) is 6.54 Å². The molecule has 4 rings (SSSR count). The van der Waals surface area contributed by atoms with Crippen molar-refractivity contribution in [3.63, 3.8) is 0 Å². The molecule has 0 atom stereocenters. The van der Waals surface area contributed by atoms with Crippen molar-refractivity contribution in [2.24, 2.45) is 0 Å². The van der Waals surface area contributed by atoms with Gasteiger partial charge in [0.1, 0.15) is 0 Å². The summed E-state index contributed by atoms with van der Waals surface area (Å²) in [4.78, 5) is 14.6. The summed E-state index contributed by atoms with van der Waals surface area (Å²) < 4.78 is 0. The molecule has 0 bridgehead atoms. The number of nitrogens with zero attached hydrogens (tertiary/aromatic N) is 1. The maximum atomic E-state index is 12.9. The highest BCUT2D eigenvalue weighted by molar-refractivity contribution is 5.98. The molecule has 0 aromatic heterocycles. The van der Waals surface area contributed by atoms with Crippen molar-refractivity contribution in [1.82, 2.24) is 4.90 Å². The molecule has 4 aromatic carbocycles. The van der Waals surface area contributed by atoms with Gasteiger partial charge in [0.05, 0.1) is 0 Å². The van der Waals surface area contributed by atoms with Crippen molar-refractivity contribution in [2.75, 3.05) is 7.05 Å². The zero-order valence-electron chi connectivity index (χ0n) is 14.1. The van der Waals surface area contributed by atoms with Crippen molar-refractivity contribution in [1.29, 1.82) is 0 Å². The molecule has 0 spiro atoms. The van der Waals surface area contributed by atoms with Crippen LogP contribution in [0.25, 0.3) is 21.5 Å². The van der Waals surface area contributed by atoms with Gasteiger partial charge in [0.2, 0.25) is 0 Å². The van der Waals surface area contributed by atoms with Gasteiger partial charge in [0.25, 0.3) is 5.91 Å². The Hall–Kier alpha value is -3.13. The first-order chi connectivity index (χ1) is 12.2. The summed E-state index contributed by atoms with van der Waals surface area (Å²) in [7, 11) is 1.86. The smallest absolute Gasteiger partial charge is 0.253 e. The minimum absolute atomic E-state index is 0.0405. The standard InChI is InChI=1S/C23H19NO/c1-24(16-21-11-6-10-18-8-4-5-12-22(18)21)23(25)20-14-13-17-7-2-3-9-19(17)15-20/h2-15H,16H2,1H3. The van der Waals surface area contributed by atoms with Crippen LogP contribution in [0.4, 0.5) is 0 Å². The Labute approximate surface area is 147 Å². The van der Waals surface area contributed by atoms with Gasteiger partial charge in [0.15, 0.2) is 0 Å². The molecule has 2 heteroatoms. The second-order valence-electron chi connectivity index (χ2n) is 6.36. The van der Waals surface area contributed by atoms with Gasteiger partial charge in [-0.25, -0.2) is 0 Å². The lowest BCUT2D eigenvalue weighted by Gasteiger charge is -2.19. The van der Waals surface area contributed by atoms with E-state index in [2.05, 4.69) is 30.3 Å². The summed E-state index contributed by atoms with van der Waals surface area (Å²) in [6, 6.07) is 28.5. The molecule has 4 aromatic rings. The number of hydrogen-bond donors (Lipinski definition) is 0. The first-order valence-corrected chi connectivity index (χ1v) is 8.43. The van der Waals surface area contributed by atoms with E-state index < -0.39 is 0 Å². The zero-order chi connectivity index (χ0) is 17.2. The second-order valence-corrected chi connectivity index (χ2v) is 6.36. The van der Waals surface area contributed by atoms with Crippen LogP contribution in [-0.2, 0) is 6.54 Å². The van der Waals surface area contributed by atoms with E-state index in [1.54, 1.807) is 4.90 Å². The molecular formula is C23H19NO. The predicted molar refractivity (Wildman–Crippen MR) is 104 cm³/mol. The maximum absolute atomic E-state index is 12.9. The molecule has 0 radical (unpaired) electrons. The Kier molecular flexibility index (Phi) is 3.95. The van der Waals surface area contributed by atoms with Gasteiger partial charge in [-0.05, 0) is 39.2 Å². The van der Waals surface area contributed by atoms with E-state index in [0.717, 1.165) is 21.9 Å². The number of benzene rings is 4. The van der Waals surface area contributed by atoms with Crippen LogP contribution in [0.15, 0.2) is 84.9 Å². The third-order valence-corrected chi connectivity index (χ3v) is 4.63. The van der Waals surface area contributed by atoms with Crippen LogP contribution in [0.5, 0.6) is 0 Å². The van der Waals surface area contributed by atoms with Crippen LogP contribution in [0, 0.1) is 0 Å². The molecule has 0 unspecified atom stereocenters. The highest BCUT2D eigenvalue weighted by atomic mass is 16.2. The average Bonchev–Trinajstić information content (AvgIpc) is 2.67. The molecule has 25 heavy (non-hydrogen) atoms. The number of fused-ring (bicyclic) bond motifs is 2. The molecule has 0 N–H and O–H groups in total. The first kappa shape index (κ1) is 15.4. The van der Waals surface area contributed by atoms with Gasteiger partial charge in [-0.15, -0.1) is 0 Å². The molecule has 122 valence electrons. The fraction of sp³-hybridized carbons (Fsp3) is 0.0870. The van der Waals surface area contributed by atoms with Gasteiger partial charge in [-0.2, -0.15) is 0 Å². The third-order valence-electron chi connectivity index (χ3n) is 4.63. The molecule has 0 saturated carbocycles. The van der Waals surface area contributed by atoms with Crippen LogP contribution in [0.3, 0.4) is 0 Å². The van der Waals surface area contributed by atoms with E-state index in [1.165, 1.54) is 10.8 Å². The van der Waals surface area contributed by atoms with Crippen LogP contribution in [0.2, 0.25) is 0 Å². The summed E-state index contributed by atoms with van der Waals surface area (Å²) in [5, 5.41) is 4.64. The maximum Gasteiger partial charge on any atom is 0.253 e. The Morgan fingerprint density at radius 1 is 0.760 bits per heavy atom. The van der Waals surface area contributed by atoms with E-state index in [9.17, 15) is 4.79 Å². The van der Waals surface area contributed by atoms with E-state index >= 15 is 0 Å². The van der Waals surface area contributed by atoms with Gasteiger partial charge >= 0.3 is 0 Å². The van der Waals surface area contributed by atoms with Crippen LogP contribution >= 0.6 is 0 Å². The highest BCUT2D eigenvalue weighted by Crippen LogP contribution is 2.21. The SMILES string of the molecule is CN(Cc1cccc2ccccc12)C(=O)c1ccc2ccccc2c1. The molecule has 1 amide bonds. The summed E-state index contributed by atoms with van der Waals surface area (Å²) in [6.45, 7) is 0.590. The highest BCUT2D eigenvalue weighted by Gasteiger charge is 2.13. The second kappa shape index (κ2) is 6.40. The number of rotatable bonds is 3. The topological polar surface area (TPSA) is 20.3 Å². The number of amides is 1. The normalized spacial score (nSPS) is 10.9. The molecule has 0 heterocycles. The van der Waals surface area contributed by atoms with Crippen molar-refractivity contribution in [3.8, 4) is 0 Å². The lowest BCUT2D eigenvalue weighted by atomic mass is 10.0. The van der Waals surface area contributed by atoms with E-state index in [1.807, 2.05) is 61.6 Å². The van der Waals surface area contributed by atoms with E-state index in [0.29, 0.717) is 6.54 Å². The summed E-state index contributed by atoms with van der Waals surface area (Å²) >= 11 is 0. The summed E-state index contributed by atoms with van der Waals surface area (Å²) in [6.07, 6.45) is 0. The molecule has 2 nitrogen and oxygen atoms in total. The van der Waals surface area contributed by atoms with Crippen molar-refractivity contribution >= 4 is 27.5 Å². The van der Waals surface area contributed by atoms with Crippen LogP contribution in [0.1, 0.15) is 15.9 Å². The van der Waals surface area contributed by atoms with Gasteiger partial charge in [0, 0.05) is 19.2 Å². The number of hydrogen-bond acceptors (Lipinski definition) is 1. The Bertz CT molecular complexity index is 1060. The summed E-state index contributed by atoms with van der Waals surface area (Å²) in [5.41, 5.74) is 1.89. The minimum atomic E-state index is 0.0405. The molecule has 0 saturated heterocycles. The van der Waals surface area contributed by atoms with Crippen LogP contribution < -0.4 is 0 Å². The van der Waals surface area contributed by atoms with E-state index in [4.69, 9.17) is 0 Å². The fourth-order valence-electron chi connectivity index (χ4n) is 3.30. The summed E-state index contributed by atoms with van der Waals surface area (Å²) in [5.74, 6) is 0.0405. The quantitative estimate of drug-likeness (QED) is 0.503. The Morgan fingerprint density at radius 2 is 1.44 bits per heavy atom. The lowest BCUT2D eigenvalue weighted by Crippen LogP contribution is -2.26. The largest absolute Gasteiger partial charge is 0.337 e. The molecule has 0 aliphatic carbocycles. The van der Waals surface area contributed by atoms with E-state index in [-0.39, 0.29) is 5.91 Å². The van der Waals surface area contributed by atoms with Gasteiger partial charge in [-0.3, -0.25) is 4.79 Å². The molecular weight excluding hydrogens is 306 g/mol. The predicted octanol–water partition coefficient (Wildman–Crippen LogP) is 5.27. The van der Waals surface area contributed by atoms with Crippen molar-refractivity contribution in [3.05, 3.63) is 96.1 Å². The Morgan fingerprint density at radius 3 is 2.28 bits per heavy atom. The van der Waals surface area contributed by atoms with Crippen LogP contribution in [-0.4, -0.2) is 17.9 Å².